The maximum absolute atomic E-state index is 10.1. The first-order valence-corrected chi connectivity index (χ1v) is 5.57. The Labute approximate surface area is 95.3 Å². The van der Waals surface area contributed by atoms with E-state index in [9.17, 15) is 5.11 Å². The summed E-state index contributed by atoms with van der Waals surface area (Å²) < 4.78 is 0. The number of aliphatic hydroxyl groups is 1. The van der Waals surface area contributed by atoms with Crippen LogP contribution in [-0.4, -0.2) is 30.4 Å². The van der Waals surface area contributed by atoms with E-state index in [0.29, 0.717) is 12.2 Å². The summed E-state index contributed by atoms with van der Waals surface area (Å²) in [6.07, 6.45) is 1.33. The van der Waals surface area contributed by atoms with E-state index in [2.05, 4.69) is 4.90 Å². The molecule has 0 saturated carbocycles. The number of aromatic hydroxyl groups is 1. The molecule has 16 heavy (non-hydrogen) atoms. The zero-order chi connectivity index (χ0) is 11.7. The van der Waals surface area contributed by atoms with Crippen LogP contribution >= 0.6 is 0 Å². The second kappa shape index (κ2) is 4.31. The van der Waals surface area contributed by atoms with Gasteiger partial charge in [0, 0.05) is 43.1 Å². The Morgan fingerprint density at radius 2 is 2.25 bits per heavy atom. The zero-order valence-electron chi connectivity index (χ0n) is 9.48. The van der Waals surface area contributed by atoms with Crippen LogP contribution in [0.1, 0.15) is 23.6 Å². The molecule has 1 atom stereocenters. The molecular weight excluding hydrogens is 204 g/mol. The molecule has 0 aromatic heterocycles. The summed E-state index contributed by atoms with van der Waals surface area (Å²) in [7, 11) is 2.01. The number of hydrogen-bond donors (Lipinski definition) is 3. The highest BCUT2D eigenvalue weighted by Crippen LogP contribution is 2.38. The van der Waals surface area contributed by atoms with Crippen LogP contribution in [0, 0.1) is 0 Å². The van der Waals surface area contributed by atoms with Gasteiger partial charge in [-0.2, -0.15) is 0 Å². The SMILES string of the molecule is CN1CCc2c1ccc(C(N)CCO)c2O. The molecule has 4 N–H and O–H groups in total. The van der Waals surface area contributed by atoms with Crippen molar-refractivity contribution in [3.05, 3.63) is 23.3 Å². The molecule has 4 nitrogen and oxygen atoms in total. The highest BCUT2D eigenvalue weighted by molar-refractivity contribution is 5.65. The van der Waals surface area contributed by atoms with Crippen molar-refractivity contribution in [3.63, 3.8) is 0 Å². The molecule has 0 spiro atoms. The first-order chi connectivity index (χ1) is 7.65. The Balaban J connectivity index is 2.36. The van der Waals surface area contributed by atoms with Gasteiger partial charge in [0.25, 0.3) is 0 Å². The topological polar surface area (TPSA) is 69.7 Å². The molecule has 1 heterocycles. The summed E-state index contributed by atoms with van der Waals surface area (Å²) in [5.41, 5.74) is 8.70. The van der Waals surface area contributed by atoms with Crippen LogP contribution in [-0.2, 0) is 6.42 Å². The summed E-state index contributed by atoms with van der Waals surface area (Å²) in [5.74, 6) is 0.308. The summed E-state index contributed by atoms with van der Waals surface area (Å²) in [6, 6.07) is 3.56. The second-order valence-corrected chi connectivity index (χ2v) is 4.29. The van der Waals surface area contributed by atoms with Crippen molar-refractivity contribution in [2.24, 2.45) is 5.73 Å². The highest BCUT2D eigenvalue weighted by atomic mass is 16.3. The molecule has 0 saturated heterocycles. The molecule has 1 aromatic rings. The predicted molar refractivity (Wildman–Crippen MR) is 63.7 cm³/mol. The Bertz CT molecular complexity index is 393. The van der Waals surface area contributed by atoms with E-state index in [0.717, 1.165) is 29.8 Å². The van der Waals surface area contributed by atoms with Gasteiger partial charge in [0.15, 0.2) is 0 Å². The minimum absolute atomic E-state index is 0.0393. The summed E-state index contributed by atoms with van der Waals surface area (Å²) in [4.78, 5) is 2.12. The number of phenols is 1. The molecule has 0 radical (unpaired) electrons. The van der Waals surface area contributed by atoms with Gasteiger partial charge in [-0.3, -0.25) is 0 Å². The van der Waals surface area contributed by atoms with E-state index in [4.69, 9.17) is 10.8 Å². The quantitative estimate of drug-likeness (QED) is 0.706. The number of rotatable bonds is 3. The first-order valence-electron chi connectivity index (χ1n) is 5.57. The van der Waals surface area contributed by atoms with Gasteiger partial charge < -0.3 is 20.8 Å². The van der Waals surface area contributed by atoms with Crippen LogP contribution in [0.5, 0.6) is 5.75 Å². The number of nitrogens with zero attached hydrogens (tertiary/aromatic N) is 1. The van der Waals surface area contributed by atoms with E-state index in [1.165, 1.54) is 0 Å². The average Bonchev–Trinajstić information content (AvgIpc) is 2.62. The van der Waals surface area contributed by atoms with Crippen LogP contribution in [0.2, 0.25) is 0 Å². The van der Waals surface area contributed by atoms with Gasteiger partial charge in [0.2, 0.25) is 0 Å². The minimum Gasteiger partial charge on any atom is -0.507 e. The lowest BCUT2D eigenvalue weighted by Crippen LogP contribution is -2.13. The van der Waals surface area contributed by atoms with E-state index in [1.807, 2.05) is 19.2 Å². The molecule has 1 aliphatic rings. The van der Waals surface area contributed by atoms with Crippen LogP contribution in [0.3, 0.4) is 0 Å². The summed E-state index contributed by atoms with van der Waals surface area (Å²) >= 11 is 0. The maximum Gasteiger partial charge on any atom is 0.125 e. The summed E-state index contributed by atoms with van der Waals surface area (Å²) in [5, 5.41) is 19.0. The molecule has 1 aliphatic heterocycles. The molecule has 2 rings (SSSR count). The normalized spacial score (nSPS) is 16.3. The average molecular weight is 222 g/mol. The third kappa shape index (κ3) is 1.74. The van der Waals surface area contributed by atoms with Crippen molar-refractivity contribution in [1.82, 2.24) is 0 Å². The van der Waals surface area contributed by atoms with Crippen LogP contribution < -0.4 is 10.6 Å². The van der Waals surface area contributed by atoms with Crippen molar-refractivity contribution < 1.29 is 10.2 Å². The van der Waals surface area contributed by atoms with Gasteiger partial charge in [0.05, 0.1) is 0 Å². The zero-order valence-corrected chi connectivity index (χ0v) is 9.48. The molecule has 0 fully saturated rings. The largest absolute Gasteiger partial charge is 0.507 e. The van der Waals surface area contributed by atoms with Gasteiger partial charge in [-0.1, -0.05) is 6.07 Å². The van der Waals surface area contributed by atoms with Gasteiger partial charge in [0.1, 0.15) is 5.75 Å². The number of phenolic OH excluding ortho intramolecular Hbond substituents is 1. The Morgan fingerprint density at radius 1 is 1.50 bits per heavy atom. The minimum atomic E-state index is -0.291. The first kappa shape index (κ1) is 11.2. The number of aliphatic hydroxyl groups excluding tert-OH is 1. The standard InChI is InChI=1S/C12H18N2O2/c1-14-6-4-9-11(14)3-2-8(12(9)16)10(13)5-7-15/h2-3,10,15-16H,4-7,13H2,1H3. The third-order valence-corrected chi connectivity index (χ3v) is 3.24. The molecule has 0 aliphatic carbocycles. The molecule has 1 aromatic carbocycles. The van der Waals surface area contributed by atoms with E-state index in [-0.39, 0.29) is 12.6 Å². The lowest BCUT2D eigenvalue weighted by molar-refractivity contribution is 0.275. The van der Waals surface area contributed by atoms with Crippen molar-refractivity contribution >= 4 is 5.69 Å². The van der Waals surface area contributed by atoms with E-state index >= 15 is 0 Å². The van der Waals surface area contributed by atoms with Gasteiger partial charge >= 0.3 is 0 Å². The molecular formula is C12H18N2O2. The highest BCUT2D eigenvalue weighted by Gasteiger charge is 2.22. The fraction of sp³-hybridized carbons (Fsp3) is 0.500. The fourth-order valence-corrected chi connectivity index (χ4v) is 2.24. The van der Waals surface area contributed by atoms with Gasteiger partial charge in [-0.15, -0.1) is 0 Å². The Kier molecular flexibility index (Phi) is 3.03. The number of anilines is 1. The Hall–Kier alpha value is -1.26. The van der Waals surface area contributed by atoms with Crippen LogP contribution in [0.15, 0.2) is 12.1 Å². The summed E-state index contributed by atoms with van der Waals surface area (Å²) in [6.45, 7) is 0.971. The smallest absolute Gasteiger partial charge is 0.125 e. The van der Waals surface area contributed by atoms with E-state index < -0.39 is 0 Å². The molecule has 0 amide bonds. The van der Waals surface area contributed by atoms with Gasteiger partial charge in [-0.25, -0.2) is 0 Å². The lowest BCUT2D eigenvalue weighted by atomic mass is 9.99. The number of fused-ring (bicyclic) bond motifs is 1. The number of nitrogens with two attached hydrogens (primary N) is 1. The predicted octanol–water partition coefficient (Wildman–Crippen LogP) is 0.767. The Morgan fingerprint density at radius 3 is 2.94 bits per heavy atom. The van der Waals surface area contributed by atoms with Crippen LogP contribution in [0.4, 0.5) is 5.69 Å². The lowest BCUT2D eigenvalue weighted by Gasteiger charge is -2.17. The molecule has 1 unspecified atom stereocenters. The second-order valence-electron chi connectivity index (χ2n) is 4.29. The number of likely N-dealkylation sites (N-methyl/N-ethyl adjacent to an activating group) is 1. The molecule has 4 heteroatoms. The number of benzene rings is 1. The van der Waals surface area contributed by atoms with Crippen molar-refractivity contribution in [2.75, 3.05) is 25.1 Å². The maximum atomic E-state index is 10.1. The van der Waals surface area contributed by atoms with E-state index in [1.54, 1.807) is 0 Å². The monoisotopic (exact) mass is 222 g/mol. The fourth-order valence-electron chi connectivity index (χ4n) is 2.24. The van der Waals surface area contributed by atoms with Crippen molar-refractivity contribution in [2.45, 2.75) is 18.9 Å². The van der Waals surface area contributed by atoms with Gasteiger partial charge in [-0.05, 0) is 18.9 Å². The third-order valence-electron chi connectivity index (χ3n) is 3.24. The molecule has 0 bridgehead atoms. The van der Waals surface area contributed by atoms with Crippen molar-refractivity contribution in [3.8, 4) is 5.75 Å². The van der Waals surface area contributed by atoms with Crippen molar-refractivity contribution in [1.29, 1.82) is 0 Å². The molecule has 88 valence electrons. The number of hydrogen-bond acceptors (Lipinski definition) is 4. The van der Waals surface area contributed by atoms with Crippen LogP contribution in [0.25, 0.3) is 0 Å².